The van der Waals surface area contributed by atoms with E-state index in [-0.39, 0.29) is 5.91 Å². The second kappa shape index (κ2) is 8.23. The topological polar surface area (TPSA) is 66.8 Å². The van der Waals surface area contributed by atoms with Gasteiger partial charge in [-0.3, -0.25) is 14.6 Å². The number of aromatic amines is 1. The quantitative estimate of drug-likeness (QED) is 0.717. The van der Waals surface area contributed by atoms with E-state index in [9.17, 15) is 4.79 Å². The highest BCUT2D eigenvalue weighted by Gasteiger charge is 2.25. The predicted octanol–water partition coefficient (Wildman–Crippen LogP) is 3.91. The Labute approximate surface area is 171 Å². The van der Waals surface area contributed by atoms with Crippen LogP contribution in [-0.2, 0) is 13.5 Å². The molecular formula is C23H29N5O. The molecule has 152 valence electrons. The third-order valence-electron chi connectivity index (χ3n) is 6.16. The number of aryl methyl sites for hydroxylation is 3. The lowest BCUT2D eigenvalue weighted by Crippen LogP contribution is -2.38. The van der Waals surface area contributed by atoms with Crippen LogP contribution in [0.2, 0.25) is 0 Å². The number of hydrogen-bond donors (Lipinski definition) is 1. The number of amides is 1. The number of carbonyl (C=O) groups is 1. The number of carbonyl (C=O) groups excluding carboxylic acids is 1. The van der Waals surface area contributed by atoms with Crippen LogP contribution in [0.3, 0.4) is 0 Å². The van der Waals surface area contributed by atoms with Gasteiger partial charge in [-0.1, -0.05) is 30.3 Å². The normalized spacial score (nSPS) is 15.1. The molecule has 1 aliphatic rings. The molecular weight excluding hydrogens is 362 g/mol. The van der Waals surface area contributed by atoms with E-state index in [1.807, 2.05) is 36.5 Å². The molecule has 0 radical (unpaired) electrons. The Morgan fingerprint density at radius 2 is 1.90 bits per heavy atom. The summed E-state index contributed by atoms with van der Waals surface area (Å²) in [5.74, 6) is 0.738. The summed E-state index contributed by atoms with van der Waals surface area (Å²) in [6.45, 7) is 5.62. The van der Waals surface area contributed by atoms with Crippen molar-refractivity contribution in [2.24, 2.45) is 13.0 Å². The summed E-state index contributed by atoms with van der Waals surface area (Å²) in [5, 5.41) is 11.8. The van der Waals surface area contributed by atoms with Crippen LogP contribution in [0.1, 0.15) is 46.7 Å². The molecule has 0 unspecified atom stereocenters. The Bertz CT molecular complexity index is 980. The molecule has 1 fully saturated rings. The highest BCUT2D eigenvalue weighted by atomic mass is 16.2. The number of likely N-dealkylation sites (tertiary alicyclic amines) is 1. The number of benzene rings is 1. The van der Waals surface area contributed by atoms with Crippen LogP contribution in [0.15, 0.2) is 36.4 Å². The highest BCUT2D eigenvalue weighted by molar-refractivity contribution is 5.93. The van der Waals surface area contributed by atoms with Gasteiger partial charge < -0.3 is 4.90 Å². The zero-order valence-corrected chi connectivity index (χ0v) is 17.5. The van der Waals surface area contributed by atoms with Crippen molar-refractivity contribution in [1.29, 1.82) is 0 Å². The first-order valence-electron chi connectivity index (χ1n) is 10.4. The Morgan fingerprint density at radius 3 is 2.55 bits per heavy atom. The predicted molar refractivity (Wildman–Crippen MR) is 114 cm³/mol. The molecule has 1 aromatic carbocycles. The number of H-pyrrole nitrogens is 1. The van der Waals surface area contributed by atoms with Gasteiger partial charge in [-0.05, 0) is 57.1 Å². The van der Waals surface area contributed by atoms with E-state index in [1.165, 1.54) is 12.0 Å². The second-order valence-corrected chi connectivity index (χ2v) is 8.10. The number of nitrogens with one attached hydrogen (secondary N) is 1. The van der Waals surface area contributed by atoms with Crippen molar-refractivity contribution >= 4 is 5.91 Å². The maximum atomic E-state index is 12.9. The zero-order chi connectivity index (χ0) is 20.4. The maximum absolute atomic E-state index is 12.9. The fourth-order valence-corrected chi connectivity index (χ4v) is 4.31. The van der Waals surface area contributed by atoms with E-state index in [0.717, 1.165) is 55.0 Å². The smallest absolute Gasteiger partial charge is 0.271 e. The molecule has 0 bridgehead atoms. The lowest BCUT2D eigenvalue weighted by molar-refractivity contribution is 0.0681. The van der Waals surface area contributed by atoms with E-state index < -0.39 is 0 Å². The van der Waals surface area contributed by atoms with Crippen molar-refractivity contribution in [2.45, 2.75) is 39.5 Å². The van der Waals surface area contributed by atoms with Crippen LogP contribution in [0.25, 0.3) is 11.3 Å². The molecule has 6 nitrogen and oxygen atoms in total. The van der Waals surface area contributed by atoms with Gasteiger partial charge in [0, 0.05) is 31.4 Å². The summed E-state index contributed by atoms with van der Waals surface area (Å²) >= 11 is 0. The summed E-state index contributed by atoms with van der Waals surface area (Å²) in [6.07, 6.45) is 4.45. The van der Waals surface area contributed by atoms with E-state index >= 15 is 0 Å². The largest absolute Gasteiger partial charge is 0.337 e. The molecule has 1 saturated heterocycles. The van der Waals surface area contributed by atoms with E-state index in [1.54, 1.807) is 0 Å². The zero-order valence-electron chi connectivity index (χ0n) is 17.5. The molecule has 0 spiro atoms. The van der Waals surface area contributed by atoms with Crippen molar-refractivity contribution < 1.29 is 4.79 Å². The van der Waals surface area contributed by atoms with Gasteiger partial charge in [0.05, 0.1) is 11.4 Å². The third-order valence-corrected chi connectivity index (χ3v) is 6.16. The molecule has 29 heavy (non-hydrogen) atoms. The Balaban J connectivity index is 1.35. The van der Waals surface area contributed by atoms with Gasteiger partial charge >= 0.3 is 0 Å². The van der Waals surface area contributed by atoms with Crippen LogP contribution in [0.4, 0.5) is 0 Å². The molecule has 4 rings (SSSR count). The van der Waals surface area contributed by atoms with Gasteiger partial charge in [0.2, 0.25) is 0 Å². The molecule has 1 aliphatic heterocycles. The van der Waals surface area contributed by atoms with E-state index in [2.05, 4.69) is 45.6 Å². The van der Waals surface area contributed by atoms with Gasteiger partial charge in [0.1, 0.15) is 5.69 Å². The maximum Gasteiger partial charge on any atom is 0.271 e. The van der Waals surface area contributed by atoms with Gasteiger partial charge in [0.15, 0.2) is 0 Å². The van der Waals surface area contributed by atoms with Crippen molar-refractivity contribution in [3.63, 3.8) is 0 Å². The van der Waals surface area contributed by atoms with E-state index in [4.69, 9.17) is 0 Å². The molecule has 3 aromatic rings. The number of rotatable bonds is 5. The highest BCUT2D eigenvalue weighted by Crippen LogP contribution is 2.27. The van der Waals surface area contributed by atoms with Crippen molar-refractivity contribution in [3.05, 3.63) is 59.0 Å². The average Bonchev–Trinajstić information content (AvgIpc) is 3.31. The average molecular weight is 392 g/mol. The monoisotopic (exact) mass is 391 g/mol. The SMILES string of the molecule is Cc1nn(C)c(C)c1-c1cc(C(=O)N2CCC(CCc3ccccc3)CC2)[nH]n1. The first kappa shape index (κ1) is 19.4. The third kappa shape index (κ3) is 4.11. The van der Waals surface area contributed by atoms with Gasteiger partial charge in [-0.15, -0.1) is 0 Å². The molecule has 0 aliphatic carbocycles. The molecule has 3 heterocycles. The van der Waals surface area contributed by atoms with Crippen LogP contribution in [0, 0.1) is 19.8 Å². The fraction of sp³-hybridized carbons (Fsp3) is 0.435. The molecule has 2 aromatic heterocycles. The number of nitrogens with zero attached hydrogens (tertiary/aromatic N) is 4. The number of aromatic nitrogens is 4. The summed E-state index contributed by atoms with van der Waals surface area (Å²) in [7, 11) is 1.92. The summed E-state index contributed by atoms with van der Waals surface area (Å²) in [5.41, 5.74) is 5.72. The second-order valence-electron chi connectivity index (χ2n) is 8.10. The molecule has 1 N–H and O–H groups in total. The van der Waals surface area contributed by atoms with Crippen LogP contribution in [-0.4, -0.2) is 43.9 Å². The molecule has 1 amide bonds. The Hall–Kier alpha value is -2.89. The van der Waals surface area contributed by atoms with Gasteiger partial charge in [0.25, 0.3) is 5.91 Å². The van der Waals surface area contributed by atoms with Crippen molar-refractivity contribution in [2.75, 3.05) is 13.1 Å². The summed E-state index contributed by atoms with van der Waals surface area (Å²) < 4.78 is 1.85. The van der Waals surface area contributed by atoms with Gasteiger partial charge in [-0.25, -0.2) is 0 Å². The number of piperidine rings is 1. The lowest BCUT2D eigenvalue weighted by Gasteiger charge is -2.31. The Morgan fingerprint density at radius 1 is 1.17 bits per heavy atom. The van der Waals surface area contributed by atoms with Crippen LogP contribution >= 0.6 is 0 Å². The van der Waals surface area contributed by atoms with Crippen molar-refractivity contribution in [3.8, 4) is 11.3 Å². The first-order valence-corrected chi connectivity index (χ1v) is 10.4. The fourth-order valence-electron chi connectivity index (χ4n) is 4.31. The Kier molecular flexibility index (Phi) is 5.51. The summed E-state index contributed by atoms with van der Waals surface area (Å²) in [6, 6.07) is 12.5. The lowest BCUT2D eigenvalue weighted by atomic mass is 9.90. The minimum absolute atomic E-state index is 0.0458. The minimum Gasteiger partial charge on any atom is -0.337 e. The van der Waals surface area contributed by atoms with Gasteiger partial charge in [-0.2, -0.15) is 10.2 Å². The molecule has 0 saturated carbocycles. The summed E-state index contributed by atoms with van der Waals surface area (Å²) in [4.78, 5) is 14.9. The van der Waals surface area contributed by atoms with E-state index in [0.29, 0.717) is 11.6 Å². The van der Waals surface area contributed by atoms with Crippen LogP contribution in [0.5, 0.6) is 0 Å². The minimum atomic E-state index is 0.0458. The molecule has 6 heteroatoms. The van der Waals surface area contributed by atoms with Crippen molar-refractivity contribution in [1.82, 2.24) is 24.9 Å². The number of hydrogen-bond acceptors (Lipinski definition) is 3. The first-order chi connectivity index (χ1) is 14.0. The van der Waals surface area contributed by atoms with Crippen LogP contribution < -0.4 is 0 Å². The molecule has 0 atom stereocenters. The standard InChI is InChI=1S/C23H29N5O/c1-16-22(17(2)27(3)26-16)20-15-21(25-24-20)23(29)28-13-11-19(12-14-28)10-9-18-7-5-4-6-8-18/h4-8,15,19H,9-14H2,1-3H3,(H,24,25).